The lowest BCUT2D eigenvalue weighted by atomic mass is 9.55. The Morgan fingerprint density at radius 3 is 2.82 bits per heavy atom. The quantitative estimate of drug-likeness (QED) is 0.706. The Kier molecular flexibility index (Phi) is 2.52. The Balaban J connectivity index is 2.10. The predicted octanol–water partition coefficient (Wildman–Crippen LogP) is 3.17. The summed E-state index contributed by atoms with van der Waals surface area (Å²) < 4.78 is 6.07. The third-order valence-electron chi connectivity index (χ3n) is 5.54. The van der Waals surface area contributed by atoms with Gasteiger partial charge in [-0.2, -0.15) is 0 Å². The number of aliphatic hydroxyl groups excluding tert-OH is 1. The van der Waals surface area contributed by atoms with Gasteiger partial charge in [-0.15, -0.1) is 5.73 Å². The molecule has 0 aromatic carbocycles. The van der Waals surface area contributed by atoms with E-state index in [2.05, 4.69) is 19.2 Å². The highest BCUT2D eigenvalue weighted by Crippen LogP contribution is 2.64. The second-order valence-corrected chi connectivity index (χ2v) is 6.03. The van der Waals surface area contributed by atoms with Crippen LogP contribution in [-0.2, 0) is 4.74 Å². The van der Waals surface area contributed by atoms with Crippen molar-refractivity contribution in [3.8, 4) is 0 Å². The molecule has 0 aromatic heterocycles. The van der Waals surface area contributed by atoms with Crippen LogP contribution >= 0.6 is 0 Å². The van der Waals surface area contributed by atoms with Gasteiger partial charge in [0.05, 0.1) is 11.0 Å². The van der Waals surface area contributed by atoms with Crippen molar-refractivity contribution in [3.63, 3.8) is 0 Å². The highest BCUT2D eigenvalue weighted by molar-refractivity contribution is 5.23. The van der Waals surface area contributed by atoms with Crippen LogP contribution in [-0.4, -0.2) is 17.0 Å². The van der Waals surface area contributed by atoms with Crippen LogP contribution in [0.2, 0.25) is 0 Å². The molecule has 1 saturated heterocycles. The molecule has 3 aliphatic rings. The molecule has 0 radical (unpaired) electrons. The topological polar surface area (TPSA) is 29.5 Å². The standard InChI is InChI=1S/C15H22O2/c1-3-11(2)15-10-6-9-14(17-13(15)16)8-5-4-7-12(14)15/h12-13,16H,1,4-10H2,2H3/t12?,13?,14-,15-/m0/s1. The van der Waals surface area contributed by atoms with Crippen LogP contribution in [0.4, 0.5) is 0 Å². The molecule has 2 bridgehead atoms. The van der Waals surface area contributed by atoms with E-state index in [-0.39, 0.29) is 11.0 Å². The number of aliphatic hydroxyl groups is 1. The van der Waals surface area contributed by atoms with Gasteiger partial charge in [-0.3, -0.25) is 0 Å². The first-order valence-corrected chi connectivity index (χ1v) is 6.89. The maximum absolute atomic E-state index is 10.5. The van der Waals surface area contributed by atoms with E-state index in [1.54, 1.807) is 0 Å². The third kappa shape index (κ3) is 1.29. The summed E-state index contributed by atoms with van der Waals surface area (Å²) in [7, 11) is 0. The smallest absolute Gasteiger partial charge is 0.165 e. The van der Waals surface area contributed by atoms with Crippen LogP contribution in [0.5, 0.6) is 0 Å². The van der Waals surface area contributed by atoms with Crippen molar-refractivity contribution in [1.29, 1.82) is 0 Å². The van der Waals surface area contributed by atoms with E-state index in [1.165, 1.54) is 19.3 Å². The SMILES string of the molecule is C=C=C(C)[C@@]12CCC[C@]3(CCCCC31)OC2O. The molecule has 2 aliphatic carbocycles. The van der Waals surface area contributed by atoms with E-state index in [0.717, 1.165) is 31.3 Å². The van der Waals surface area contributed by atoms with Crippen molar-refractivity contribution in [3.05, 3.63) is 17.9 Å². The highest BCUT2D eigenvalue weighted by atomic mass is 16.6. The summed E-state index contributed by atoms with van der Waals surface area (Å²) in [6.07, 6.45) is 7.52. The van der Waals surface area contributed by atoms with Gasteiger partial charge in [0.1, 0.15) is 0 Å². The molecule has 4 atom stereocenters. The normalized spacial score (nSPS) is 48.4. The summed E-state index contributed by atoms with van der Waals surface area (Å²) in [5.74, 6) is 0.488. The van der Waals surface area contributed by atoms with Crippen molar-refractivity contribution >= 4 is 0 Å². The first-order valence-electron chi connectivity index (χ1n) is 6.89. The van der Waals surface area contributed by atoms with Crippen molar-refractivity contribution in [2.75, 3.05) is 0 Å². The van der Waals surface area contributed by atoms with Gasteiger partial charge >= 0.3 is 0 Å². The van der Waals surface area contributed by atoms with Gasteiger partial charge in [-0.05, 0) is 44.6 Å². The van der Waals surface area contributed by atoms with Gasteiger partial charge in [0, 0.05) is 5.92 Å². The van der Waals surface area contributed by atoms with Crippen LogP contribution in [0, 0.1) is 11.3 Å². The lowest BCUT2D eigenvalue weighted by molar-refractivity contribution is -0.159. The summed E-state index contributed by atoms with van der Waals surface area (Å²) in [5.41, 5.74) is 3.94. The molecule has 3 fully saturated rings. The molecule has 0 spiro atoms. The summed E-state index contributed by atoms with van der Waals surface area (Å²) in [6.45, 7) is 5.85. The summed E-state index contributed by atoms with van der Waals surface area (Å²) in [4.78, 5) is 0. The van der Waals surface area contributed by atoms with Crippen LogP contribution < -0.4 is 0 Å². The second kappa shape index (κ2) is 3.71. The fourth-order valence-corrected chi connectivity index (χ4v) is 4.71. The predicted molar refractivity (Wildman–Crippen MR) is 66.4 cm³/mol. The minimum absolute atomic E-state index is 0.0337. The first-order chi connectivity index (χ1) is 8.16. The molecule has 1 heterocycles. The average molecular weight is 234 g/mol. The Morgan fingerprint density at radius 2 is 2.06 bits per heavy atom. The van der Waals surface area contributed by atoms with E-state index in [9.17, 15) is 5.11 Å². The van der Waals surface area contributed by atoms with Gasteiger partial charge in [0.15, 0.2) is 6.29 Å². The summed E-state index contributed by atoms with van der Waals surface area (Å²) in [6, 6.07) is 0. The minimum Gasteiger partial charge on any atom is -0.367 e. The molecule has 1 N–H and O–H groups in total. The van der Waals surface area contributed by atoms with E-state index in [4.69, 9.17) is 4.74 Å². The molecule has 17 heavy (non-hydrogen) atoms. The number of hydrogen-bond donors (Lipinski definition) is 1. The van der Waals surface area contributed by atoms with Crippen molar-refractivity contribution in [2.45, 2.75) is 63.8 Å². The van der Waals surface area contributed by atoms with Crippen molar-refractivity contribution in [1.82, 2.24) is 0 Å². The first kappa shape index (κ1) is 11.5. The highest BCUT2D eigenvalue weighted by Gasteiger charge is 2.65. The van der Waals surface area contributed by atoms with Crippen LogP contribution in [0.15, 0.2) is 17.9 Å². The molecule has 3 rings (SSSR count). The lowest BCUT2D eigenvalue weighted by Gasteiger charge is -2.48. The third-order valence-corrected chi connectivity index (χ3v) is 5.54. The Bertz CT molecular complexity index is 378. The minimum atomic E-state index is -0.637. The molecule has 2 heteroatoms. The molecule has 2 nitrogen and oxygen atoms in total. The zero-order valence-corrected chi connectivity index (χ0v) is 10.7. The van der Waals surface area contributed by atoms with E-state index in [0.29, 0.717) is 5.92 Å². The van der Waals surface area contributed by atoms with Crippen LogP contribution in [0.1, 0.15) is 51.9 Å². The molecule has 2 saturated carbocycles. The fourth-order valence-electron chi connectivity index (χ4n) is 4.71. The molecular formula is C15H22O2. The second-order valence-electron chi connectivity index (χ2n) is 6.03. The van der Waals surface area contributed by atoms with Crippen LogP contribution in [0.3, 0.4) is 0 Å². The molecular weight excluding hydrogens is 212 g/mol. The molecule has 2 unspecified atom stereocenters. The molecule has 0 amide bonds. The van der Waals surface area contributed by atoms with Crippen LogP contribution in [0.25, 0.3) is 0 Å². The zero-order chi connectivity index (χ0) is 12.1. The molecule has 1 aliphatic heterocycles. The fraction of sp³-hybridized carbons (Fsp3) is 0.800. The Labute approximate surface area is 103 Å². The van der Waals surface area contributed by atoms with E-state index in [1.807, 2.05) is 0 Å². The lowest BCUT2D eigenvalue weighted by Crippen LogP contribution is -2.48. The Morgan fingerprint density at radius 1 is 1.29 bits per heavy atom. The van der Waals surface area contributed by atoms with Crippen molar-refractivity contribution in [2.24, 2.45) is 11.3 Å². The number of rotatable bonds is 1. The largest absolute Gasteiger partial charge is 0.367 e. The number of ether oxygens (including phenoxy) is 1. The number of hydrogen-bond acceptors (Lipinski definition) is 2. The van der Waals surface area contributed by atoms with Gasteiger partial charge < -0.3 is 9.84 Å². The monoisotopic (exact) mass is 234 g/mol. The van der Waals surface area contributed by atoms with Gasteiger partial charge in [-0.1, -0.05) is 19.4 Å². The van der Waals surface area contributed by atoms with Gasteiger partial charge in [-0.25, -0.2) is 0 Å². The maximum atomic E-state index is 10.5. The van der Waals surface area contributed by atoms with Gasteiger partial charge in [0.2, 0.25) is 0 Å². The molecule has 0 aromatic rings. The summed E-state index contributed by atoms with van der Waals surface area (Å²) in [5, 5.41) is 10.5. The van der Waals surface area contributed by atoms with E-state index >= 15 is 0 Å². The van der Waals surface area contributed by atoms with Gasteiger partial charge in [0.25, 0.3) is 0 Å². The van der Waals surface area contributed by atoms with Crippen molar-refractivity contribution < 1.29 is 9.84 Å². The summed E-state index contributed by atoms with van der Waals surface area (Å²) >= 11 is 0. The Hall–Kier alpha value is -0.560. The van der Waals surface area contributed by atoms with E-state index < -0.39 is 6.29 Å². The average Bonchev–Trinajstić information content (AvgIpc) is 2.50. The zero-order valence-electron chi connectivity index (χ0n) is 10.7. The maximum Gasteiger partial charge on any atom is 0.165 e. The molecule has 94 valence electrons.